The van der Waals surface area contributed by atoms with Crippen molar-refractivity contribution in [3.63, 3.8) is 0 Å². The number of aliphatic hydroxyl groups excluding tert-OH is 1. The number of amides is 2. The fraction of sp³-hybridized carbons (Fsp3) is 0.706. The maximum Gasteiger partial charge on any atom is 0.315 e. The average Bonchev–Trinajstić information content (AvgIpc) is 3.08. The number of carbonyl (C=O) groups excluding carboxylic acids is 1. The Morgan fingerprint density at radius 3 is 2.96 bits per heavy atom. The largest absolute Gasteiger partial charge is 0.388 e. The molecule has 5 nitrogen and oxygen atoms in total. The van der Waals surface area contributed by atoms with Crippen molar-refractivity contribution in [3.05, 3.63) is 22.4 Å². The van der Waals surface area contributed by atoms with Gasteiger partial charge in [-0.25, -0.2) is 4.79 Å². The lowest BCUT2D eigenvalue weighted by atomic mass is 10.1. The molecule has 1 saturated heterocycles. The lowest BCUT2D eigenvalue weighted by Crippen LogP contribution is -2.48. The standard InChI is InChI=1S/C17H29N3O2S/c1-17(2,3)19-16(22)18-8-10-20-9-4-6-13(20)12-14(21)15-7-5-11-23-15/h5,7,11,13-14,21H,4,6,8-10,12H2,1-3H3,(H2,18,19,22). The Bertz CT molecular complexity index is 485. The number of nitrogens with zero attached hydrogens (tertiary/aromatic N) is 1. The van der Waals surface area contributed by atoms with Crippen LogP contribution in [0.25, 0.3) is 0 Å². The van der Waals surface area contributed by atoms with Crippen molar-refractivity contribution in [1.82, 2.24) is 15.5 Å². The molecule has 2 rings (SSSR count). The number of thiophene rings is 1. The second-order valence-electron chi connectivity index (χ2n) is 7.23. The van der Waals surface area contributed by atoms with E-state index in [-0.39, 0.29) is 17.7 Å². The van der Waals surface area contributed by atoms with Crippen molar-refractivity contribution in [2.75, 3.05) is 19.6 Å². The zero-order chi connectivity index (χ0) is 16.9. The van der Waals surface area contributed by atoms with Crippen LogP contribution in [0.1, 0.15) is 51.0 Å². The number of likely N-dealkylation sites (tertiary alicyclic amines) is 1. The maximum absolute atomic E-state index is 11.8. The number of carbonyl (C=O) groups is 1. The summed E-state index contributed by atoms with van der Waals surface area (Å²) in [7, 11) is 0. The molecule has 6 heteroatoms. The minimum atomic E-state index is -0.377. The van der Waals surface area contributed by atoms with Gasteiger partial charge >= 0.3 is 6.03 Å². The van der Waals surface area contributed by atoms with E-state index < -0.39 is 0 Å². The van der Waals surface area contributed by atoms with Gasteiger partial charge in [0.25, 0.3) is 0 Å². The van der Waals surface area contributed by atoms with Gasteiger partial charge < -0.3 is 15.7 Å². The number of nitrogens with one attached hydrogen (secondary N) is 2. The zero-order valence-electron chi connectivity index (χ0n) is 14.3. The minimum Gasteiger partial charge on any atom is -0.388 e. The third-order valence-corrected chi connectivity index (χ3v) is 5.01. The van der Waals surface area contributed by atoms with Crippen LogP contribution >= 0.6 is 11.3 Å². The van der Waals surface area contributed by atoms with Gasteiger partial charge in [0.2, 0.25) is 0 Å². The van der Waals surface area contributed by atoms with Crippen LogP contribution in [0.4, 0.5) is 4.79 Å². The predicted octanol–water partition coefficient (Wildman–Crippen LogP) is 2.73. The van der Waals surface area contributed by atoms with Crippen LogP contribution in [0, 0.1) is 0 Å². The minimum absolute atomic E-state index is 0.119. The van der Waals surface area contributed by atoms with E-state index in [1.807, 2.05) is 38.3 Å². The van der Waals surface area contributed by atoms with Crippen molar-refractivity contribution in [2.45, 2.75) is 57.7 Å². The van der Waals surface area contributed by atoms with Crippen LogP contribution in [0.2, 0.25) is 0 Å². The highest BCUT2D eigenvalue weighted by molar-refractivity contribution is 7.10. The van der Waals surface area contributed by atoms with Crippen LogP contribution in [0.15, 0.2) is 17.5 Å². The lowest BCUT2D eigenvalue weighted by molar-refractivity contribution is 0.123. The molecular formula is C17H29N3O2S. The second-order valence-corrected chi connectivity index (χ2v) is 8.21. The molecule has 1 aromatic rings. The van der Waals surface area contributed by atoms with E-state index in [4.69, 9.17) is 0 Å². The smallest absolute Gasteiger partial charge is 0.315 e. The Morgan fingerprint density at radius 2 is 2.30 bits per heavy atom. The molecule has 3 N–H and O–H groups in total. The van der Waals surface area contributed by atoms with Crippen molar-refractivity contribution in [1.29, 1.82) is 0 Å². The molecule has 130 valence electrons. The molecule has 1 fully saturated rings. The van der Waals surface area contributed by atoms with Crippen LogP contribution in [-0.2, 0) is 0 Å². The normalized spacial score (nSPS) is 20.4. The van der Waals surface area contributed by atoms with E-state index in [1.54, 1.807) is 11.3 Å². The molecule has 1 aliphatic heterocycles. The van der Waals surface area contributed by atoms with Crippen molar-refractivity contribution < 1.29 is 9.90 Å². The molecule has 0 aliphatic carbocycles. The zero-order valence-corrected chi connectivity index (χ0v) is 15.2. The number of aliphatic hydroxyl groups is 1. The van der Waals surface area contributed by atoms with Gasteiger partial charge in [-0.05, 0) is 58.0 Å². The van der Waals surface area contributed by atoms with Gasteiger partial charge in [0, 0.05) is 29.5 Å². The quantitative estimate of drug-likeness (QED) is 0.747. The third kappa shape index (κ3) is 6.12. The molecule has 2 amide bonds. The summed E-state index contributed by atoms with van der Waals surface area (Å²) in [6.45, 7) is 8.41. The molecule has 0 saturated carbocycles. The van der Waals surface area contributed by atoms with E-state index in [0.717, 1.165) is 37.2 Å². The van der Waals surface area contributed by atoms with E-state index >= 15 is 0 Å². The summed E-state index contributed by atoms with van der Waals surface area (Å²) in [5, 5.41) is 18.2. The van der Waals surface area contributed by atoms with Gasteiger partial charge in [0.15, 0.2) is 0 Å². The highest BCUT2D eigenvalue weighted by Gasteiger charge is 2.27. The summed E-state index contributed by atoms with van der Waals surface area (Å²) in [5.41, 5.74) is -0.217. The number of rotatable bonds is 6. The van der Waals surface area contributed by atoms with Crippen LogP contribution in [-0.4, -0.2) is 47.3 Å². The highest BCUT2D eigenvalue weighted by atomic mass is 32.1. The molecule has 0 radical (unpaired) electrons. The molecule has 0 bridgehead atoms. The summed E-state index contributed by atoms with van der Waals surface area (Å²) in [6.07, 6.45) is 2.68. The van der Waals surface area contributed by atoms with Crippen LogP contribution in [0.5, 0.6) is 0 Å². The van der Waals surface area contributed by atoms with Gasteiger partial charge in [-0.1, -0.05) is 6.07 Å². The number of hydrogen-bond acceptors (Lipinski definition) is 4. The molecule has 0 aromatic carbocycles. The first-order valence-electron chi connectivity index (χ1n) is 8.37. The first kappa shape index (κ1) is 18.2. The second kappa shape index (κ2) is 8.13. The maximum atomic E-state index is 11.8. The Labute approximate surface area is 143 Å². The number of urea groups is 1. The Balaban J connectivity index is 1.73. The monoisotopic (exact) mass is 339 g/mol. The predicted molar refractivity (Wildman–Crippen MR) is 94.8 cm³/mol. The molecule has 1 aliphatic rings. The highest BCUT2D eigenvalue weighted by Crippen LogP contribution is 2.29. The summed E-state index contributed by atoms with van der Waals surface area (Å²) in [6, 6.07) is 4.26. The Kier molecular flexibility index (Phi) is 6.44. The van der Waals surface area contributed by atoms with Gasteiger partial charge in [-0.2, -0.15) is 0 Å². The van der Waals surface area contributed by atoms with E-state index in [0.29, 0.717) is 12.6 Å². The van der Waals surface area contributed by atoms with E-state index in [9.17, 15) is 9.90 Å². The topological polar surface area (TPSA) is 64.6 Å². The first-order valence-corrected chi connectivity index (χ1v) is 9.24. The summed E-state index contributed by atoms with van der Waals surface area (Å²) >= 11 is 1.61. The SMILES string of the molecule is CC(C)(C)NC(=O)NCCN1CCCC1CC(O)c1cccs1. The average molecular weight is 340 g/mol. The fourth-order valence-corrected chi connectivity index (χ4v) is 3.73. The van der Waals surface area contributed by atoms with Gasteiger partial charge in [-0.3, -0.25) is 4.90 Å². The molecular weight excluding hydrogens is 310 g/mol. The van der Waals surface area contributed by atoms with E-state index in [2.05, 4.69) is 15.5 Å². The molecule has 2 atom stereocenters. The molecule has 2 unspecified atom stereocenters. The van der Waals surface area contributed by atoms with Gasteiger partial charge in [0.05, 0.1) is 6.10 Å². The van der Waals surface area contributed by atoms with Crippen molar-refractivity contribution >= 4 is 17.4 Å². The first-order chi connectivity index (χ1) is 10.8. The Morgan fingerprint density at radius 1 is 1.52 bits per heavy atom. The Hall–Kier alpha value is -1.11. The van der Waals surface area contributed by atoms with E-state index in [1.165, 1.54) is 0 Å². The van der Waals surface area contributed by atoms with Gasteiger partial charge in [0.1, 0.15) is 0 Å². The van der Waals surface area contributed by atoms with Crippen LogP contribution in [0.3, 0.4) is 0 Å². The van der Waals surface area contributed by atoms with Crippen LogP contribution < -0.4 is 10.6 Å². The van der Waals surface area contributed by atoms with Crippen molar-refractivity contribution in [2.24, 2.45) is 0 Å². The summed E-state index contributed by atoms with van der Waals surface area (Å²) in [5.74, 6) is 0. The van der Waals surface area contributed by atoms with Crippen molar-refractivity contribution in [3.8, 4) is 0 Å². The summed E-state index contributed by atoms with van der Waals surface area (Å²) in [4.78, 5) is 15.2. The molecule has 0 spiro atoms. The molecule has 2 heterocycles. The number of hydrogen-bond donors (Lipinski definition) is 3. The molecule has 23 heavy (non-hydrogen) atoms. The summed E-state index contributed by atoms with van der Waals surface area (Å²) < 4.78 is 0. The third-order valence-electron chi connectivity index (χ3n) is 4.04. The molecule has 1 aromatic heterocycles. The van der Waals surface area contributed by atoms with Gasteiger partial charge in [-0.15, -0.1) is 11.3 Å². The fourth-order valence-electron chi connectivity index (χ4n) is 3.01. The lowest BCUT2D eigenvalue weighted by Gasteiger charge is -2.27.